The molecule has 46 heavy (non-hydrogen) atoms. The number of benzene rings is 1. The number of carbonyl (C=O) groups excluding carboxylic acids is 2. The molecule has 0 radical (unpaired) electrons. The summed E-state index contributed by atoms with van der Waals surface area (Å²) in [5, 5.41) is 17.9. The van der Waals surface area contributed by atoms with Crippen LogP contribution >= 0.6 is 0 Å². The van der Waals surface area contributed by atoms with E-state index < -0.39 is 29.7 Å². The summed E-state index contributed by atoms with van der Waals surface area (Å²) in [5.41, 5.74) is 1.42. The van der Waals surface area contributed by atoms with Crippen molar-refractivity contribution in [2.24, 2.45) is 0 Å². The third kappa shape index (κ3) is 9.00. The van der Waals surface area contributed by atoms with Gasteiger partial charge in [0, 0.05) is 45.4 Å². The van der Waals surface area contributed by atoms with Crippen molar-refractivity contribution in [3.63, 3.8) is 0 Å². The van der Waals surface area contributed by atoms with E-state index >= 15 is 0 Å². The number of hydrogen-bond donors (Lipinski definition) is 3. The van der Waals surface area contributed by atoms with Crippen LogP contribution in [0.4, 0.5) is 16.6 Å². The largest absolute Gasteiger partial charge is 0.468 e. The lowest BCUT2D eigenvalue weighted by molar-refractivity contribution is -0.0114. The Balaban J connectivity index is 1.31. The second-order valence-corrected chi connectivity index (χ2v) is 13.6. The lowest BCUT2D eigenvalue weighted by Gasteiger charge is -2.40. The monoisotopic (exact) mass is 638 g/mol. The van der Waals surface area contributed by atoms with Crippen LogP contribution in [0.3, 0.4) is 0 Å². The zero-order valence-corrected chi connectivity index (χ0v) is 27.7. The third-order valence-corrected chi connectivity index (χ3v) is 8.78. The van der Waals surface area contributed by atoms with E-state index in [1.54, 1.807) is 13.2 Å². The van der Waals surface area contributed by atoms with Gasteiger partial charge in [0.1, 0.15) is 22.9 Å². The first kappa shape index (κ1) is 33.7. The lowest BCUT2D eigenvalue weighted by atomic mass is 9.91. The summed E-state index contributed by atoms with van der Waals surface area (Å²) in [6.07, 6.45) is 7.88. The Bertz CT molecular complexity index is 1340. The summed E-state index contributed by atoms with van der Waals surface area (Å²) in [5.74, 6) is 1.44. The molecule has 2 atom stereocenters. The summed E-state index contributed by atoms with van der Waals surface area (Å²) >= 11 is 0. The van der Waals surface area contributed by atoms with Gasteiger partial charge in [0.15, 0.2) is 6.79 Å². The lowest BCUT2D eigenvalue weighted by Crippen LogP contribution is -2.54. The molecule has 0 bridgehead atoms. The van der Waals surface area contributed by atoms with Gasteiger partial charge in [0.25, 0.3) is 5.91 Å². The molecule has 12 heteroatoms. The molecule has 0 unspecified atom stereocenters. The van der Waals surface area contributed by atoms with E-state index in [2.05, 4.69) is 20.5 Å². The Labute approximate surface area is 272 Å². The highest BCUT2D eigenvalue weighted by molar-refractivity contribution is 5.93. The van der Waals surface area contributed by atoms with Crippen molar-refractivity contribution < 1.29 is 28.9 Å². The van der Waals surface area contributed by atoms with Gasteiger partial charge in [-0.3, -0.25) is 9.69 Å². The van der Waals surface area contributed by atoms with Crippen molar-refractivity contribution in [2.75, 3.05) is 43.8 Å². The van der Waals surface area contributed by atoms with Crippen LogP contribution in [0.25, 0.3) is 0 Å². The van der Waals surface area contributed by atoms with Gasteiger partial charge in [0.05, 0.1) is 12.1 Å². The number of amides is 2. The molecule has 0 spiro atoms. The number of aromatic nitrogens is 2. The molecule has 1 saturated heterocycles. The highest BCUT2D eigenvalue weighted by atomic mass is 16.7. The molecule has 1 aromatic carbocycles. The first-order valence-electron chi connectivity index (χ1n) is 16.7. The van der Waals surface area contributed by atoms with Gasteiger partial charge in [0.2, 0.25) is 5.95 Å². The Morgan fingerprint density at radius 1 is 1.02 bits per heavy atom. The third-order valence-electron chi connectivity index (χ3n) is 8.78. The van der Waals surface area contributed by atoms with Gasteiger partial charge in [-0.05, 0) is 82.6 Å². The van der Waals surface area contributed by atoms with Gasteiger partial charge < -0.3 is 34.9 Å². The second-order valence-electron chi connectivity index (χ2n) is 13.6. The van der Waals surface area contributed by atoms with Crippen LogP contribution in [-0.4, -0.2) is 89.3 Å². The molecule has 12 nitrogen and oxygen atoms in total. The fourth-order valence-corrected chi connectivity index (χ4v) is 6.41. The van der Waals surface area contributed by atoms with Crippen molar-refractivity contribution >= 4 is 23.8 Å². The molecule has 3 N–H and O–H groups in total. The Morgan fingerprint density at radius 2 is 1.76 bits per heavy atom. The molecular weight excluding hydrogens is 588 g/mol. The number of rotatable bonds is 10. The predicted molar refractivity (Wildman–Crippen MR) is 175 cm³/mol. The minimum Gasteiger partial charge on any atom is -0.468 e. The molecule has 3 heterocycles. The molecular formula is C34H50N6O6. The maximum Gasteiger partial charge on any atom is 0.410 e. The Hall–Kier alpha value is -3.64. The van der Waals surface area contributed by atoms with Crippen molar-refractivity contribution in [1.82, 2.24) is 20.2 Å². The fraction of sp³-hybridized carbons (Fsp3) is 0.647. The molecule has 1 saturated carbocycles. The number of anilines is 2. The molecule has 5 rings (SSSR count). The van der Waals surface area contributed by atoms with E-state index in [0.717, 1.165) is 49.9 Å². The topological polar surface area (TPSA) is 138 Å². The number of hydrogen-bond acceptors (Lipinski definition) is 10. The maximum atomic E-state index is 13.5. The summed E-state index contributed by atoms with van der Waals surface area (Å²) in [6, 6.07) is 7.08. The van der Waals surface area contributed by atoms with Gasteiger partial charge in [-0.15, -0.1) is 0 Å². The van der Waals surface area contributed by atoms with Crippen molar-refractivity contribution in [3.05, 3.63) is 41.1 Å². The number of fused-ring (bicyclic) bond motifs is 1. The zero-order valence-electron chi connectivity index (χ0n) is 27.7. The highest BCUT2D eigenvalue weighted by Gasteiger charge is 2.37. The van der Waals surface area contributed by atoms with Crippen molar-refractivity contribution in [1.29, 1.82) is 0 Å². The standard InChI is InChI=1S/C34H50N6O6/c1-34(2,3)46-33(43)40-21-24-17-26(45-22-44-4)14-13-23(24)18-28(40)29(41)20-35-31(42)27-19-30(36-25-11-7-5-8-12-25)38-32(37-27)39-15-9-6-10-16-39/h13-14,17,19,25,28-29,41H,5-12,15-16,18,20-22H2,1-4H3,(H,35,42)(H,36,37,38)/t28-,29+/m0/s1. The van der Waals surface area contributed by atoms with Crippen LogP contribution in [0.1, 0.15) is 93.8 Å². The molecule has 2 fully saturated rings. The van der Waals surface area contributed by atoms with E-state index in [4.69, 9.17) is 19.2 Å². The minimum absolute atomic E-state index is 0.0679. The summed E-state index contributed by atoms with van der Waals surface area (Å²) in [4.78, 5) is 40.1. The first-order valence-corrected chi connectivity index (χ1v) is 16.7. The second kappa shape index (κ2) is 15.3. The maximum absolute atomic E-state index is 13.5. The van der Waals surface area contributed by atoms with Crippen LogP contribution in [0.15, 0.2) is 24.3 Å². The number of aliphatic hydroxyl groups excluding tert-OH is 1. The van der Waals surface area contributed by atoms with Gasteiger partial charge in [-0.1, -0.05) is 25.3 Å². The molecule has 2 aliphatic heterocycles. The highest BCUT2D eigenvalue weighted by Crippen LogP contribution is 2.30. The number of aliphatic hydroxyl groups is 1. The first-order chi connectivity index (χ1) is 22.1. The zero-order chi connectivity index (χ0) is 32.7. The average molecular weight is 639 g/mol. The average Bonchev–Trinajstić information content (AvgIpc) is 3.05. The number of nitrogens with one attached hydrogen (secondary N) is 2. The minimum atomic E-state index is -1.06. The number of nitrogens with zero attached hydrogens (tertiary/aromatic N) is 4. The number of ether oxygens (including phenoxy) is 3. The summed E-state index contributed by atoms with van der Waals surface area (Å²) < 4.78 is 16.3. The van der Waals surface area contributed by atoms with Crippen LogP contribution < -0.4 is 20.3 Å². The summed E-state index contributed by atoms with van der Waals surface area (Å²) in [6.45, 7) is 7.41. The van der Waals surface area contributed by atoms with Gasteiger partial charge >= 0.3 is 6.09 Å². The smallest absolute Gasteiger partial charge is 0.410 e. The molecule has 2 aromatic rings. The van der Waals surface area contributed by atoms with E-state index in [9.17, 15) is 14.7 Å². The Kier molecular flexibility index (Phi) is 11.2. The SMILES string of the molecule is COCOc1ccc2c(c1)CN(C(=O)OC(C)(C)C)[C@H]([C@H](O)CNC(=O)c1cc(NC3CCCCC3)nc(N3CCCCC3)n1)C2. The van der Waals surface area contributed by atoms with E-state index in [1.165, 1.54) is 30.6 Å². The van der Waals surface area contributed by atoms with Gasteiger partial charge in [-0.25, -0.2) is 9.78 Å². The van der Waals surface area contributed by atoms with Crippen LogP contribution in [0, 0.1) is 0 Å². The summed E-state index contributed by atoms with van der Waals surface area (Å²) in [7, 11) is 1.55. The number of methoxy groups -OCH3 is 1. The Morgan fingerprint density at radius 3 is 2.48 bits per heavy atom. The van der Waals surface area contributed by atoms with Crippen LogP contribution in [0.5, 0.6) is 5.75 Å². The molecule has 252 valence electrons. The molecule has 1 aromatic heterocycles. The van der Waals surface area contributed by atoms with Crippen molar-refractivity contribution in [2.45, 2.75) is 109 Å². The number of carbonyl (C=O) groups is 2. The molecule has 1 aliphatic carbocycles. The molecule has 3 aliphatic rings. The van der Waals surface area contributed by atoms with Crippen LogP contribution in [0.2, 0.25) is 0 Å². The predicted octanol–water partition coefficient (Wildman–Crippen LogP) is 4.65. The van der Waals surface area contributed by atoms with Crippen LogP contribution in [-0.2, 0) is 22.4 Å². The van der Waals surface area contributed by atoms with Crippen molar-refractivity contribution in [3.8, 4) is 5.75 Å². The van der Waals surface area contributed by atoms with E-state index in [0.29, 0.717) is 30.0 Å². The van der Waals surface area contributed by atoms with E-state index in [-0.39, 0.29) is 25.6 Å². The van der Waals surface area contributed by atoms with Gasteiger partial charge in [-0.2, -0.15) is 4.98 Å². The molecule has 2 amide bonds. The fourth-order valence-electron chi connectivity index (χ4n) is 6.41. The normalized spacial score (nSPS) is 19.6. The quantitative estimate of drug-likeness (QED) is 0.316. The van der Waals surface area contributed by atoms with E-state index in [1.807, 2.05) is 39.0 Å². The number of piperidine rings is 1.